The number of rotatable bonds is 7. The highest BCUT2D eigenvalue weighted by Gasteiger charge is 2.30. The summed E-state index contributed by atoms with van der Waals surface area (Å²) < 4.78 is 12.4. The Kier molecular flexibility index (Phi) is 7.33. The van der Waals surface area contributed by atoms with Crippen molar-refractivity contribution < 1.29 is 14.3 Å². The number of Topliss-reactive ketones (excluding diaryl/α,β-unsaturated/α-hetero) is 1. The lowest BCUT2D eigenvalue weighted by Crippen LogP contribution is -2.20. The van der Waals surface area contributed by atoms with Crippen LogP contribution in [-0.2, 0) is 6.61 Å². The van der Waals surface area contributed by atoms with Crippen molar-refractivity contribution in [3.8, 4) is 17.6 Å². The lowest BCUT2D eigenvalue weighted by molar-refractivity contribution is 0.0850. The minimum absolute atomic E-state index is 0.00650. The van der Waals surface area contributed by atoms with Crippen molar-refractivity contribution in [3.05, 3.63) is 155 Å². The van der Waals surface area contributed by atoms with Crippen LogP contribution in [0.5, 0.6) is 11.5 Å². The van der Waals surface area contributed by atoms with Crippen molar-refractivity contribution in [1.29, 1.82) is 5.26 Å². The van der Waals surface area contributed by atoms with Crippen LogP contribution in [0.15, 0.2) is 127 Å². The van der Waals surface area contributed by atoms with Gasteiger partial charge in [0.15, 0.2) is 5.78 Å². The first-order valence-electron chi connectivity index (χ1n) is 13.3. The molecule has 0 amide bonds. The van der Waals surface area contributed by atoms with Gasteiger partial charge in [0.05, 0.1) is 41.2 Å². The highest BCUT2D eigenvalue weighted by molar-refractivity contribution is 6.14. The second kappa shape index (κ2) is 11.7. The normalized spacial score (nSPS) is 13.8. The van der Waals surface area contributed by atoms with E-state index in [0.29, 0.717) is 34.9 Å². The summed E-state index contributed by atoms with van der Waals surface area (Å²) in [5.41, 5.74) is 6.24. The van der Waals surface area contributed by atoms with E-state index in [1.54, 1.807) is 42.7 Å². The molecule has 2 heterocycles. The number of hydrogen-bond donors (Lipinski definition) is 0. The van der Waals surface area contributed by atoms with Gasteiger partial charge in [-0.3, -0.25) is 9.78 Å². The molecule has 1 aliphatic rings. The smallest absolute Gasteiger partial charge is 0.170 e. The molecule has 0 saturated carbocycles. The standard InChI is InChI=1S/C35H25N3O3/c36-21-24-11-13-25(14-12-24)23-40-28-15-16-30-32(39)20-34(41-33(30)19-28)29-17-18-37-22-31(29)38-35(26-7-3-1-4-8-26)27-9-5-2-6-10-27/h1-19,22,34H,20,23H2. The van der Waals surface area contributed by atoms with Crippen LogP contribution in [0.2, 0.25) is 0 Å². The zero-order valence-corrected chi connectivity index (χ0v) is 22.1. The second-order valence-electron chi connectivity index (χ2n) is 9.62. The van der Waals surface area contributed by atoms with E-state index in [9.17, 15) is 4.79 Å². The van der Waals surface area contributed by atoms with Gasteiger partial charge < -0.3 is 9.47 Å². The van der Waals surface area contributed by atoms with E-state index in [-0.39, 0.29) is 12.2 Å². The zero-order chi connectivity index (χ0) is 28.0. The van der Waals surface area contributed by atoms with Gasteiger partial charge in [-0.1, -0.05) is 72.8 Å². The molecule has 0 aliphatic carbocycles. The number of benzene rings is 4. The van der Waals surface area contributed by atoms with Crippen LogP contribution >= 0.6 is 0 Å². The zero-order valence-electron chi connectivity index (χ0n) is 22.1. The van der Waals surface area contributed by atoms with Crippen LogP contribution in [0.3, 0.4) is 0 Å². The third kappa shape index (κ3) is 5.75. The highest BCUT2D eigenvalue weighted by atomic mass is 16.5. The minimum Gasteiger partial charge on any atom is -0.489 e. The van der Waals surface area contributed by atoms with Crippen molar-refractivity contribution >= 4 is 17.2 Å². The summed E-state index contributed by atoms with van der Waals surface area (Å²) in [5, 5.41) is 9.01. The summed E-state index contributed by atoms with van der Waals surface area (Å²) in [4.78, 5) is 22.6. The molecule has 6 heteroatoms. The van der Waals surface area contributed by atoms with Crippen molar-refractivity contribution in [1.82, 2.24) is 4.98 Å². The summed E-state index contributed by atoms with van der Waals surface area (Å²) >= 11 is 0. The van der Waals surface area contributed by atoms with Gasteiger partial charge in [-0.2, -0.15) is 5.26 Å². The van der Waals surface area contributed by atoms with Crippen LogP contribution in [0.25, 0.3) is 0 Å². The number of hydrogen-bond acceptors (Lipinski definition) is 6. The molecular formula is C35H25N3O3. The van der Waals surface area contributed by atoms with E-state index in [1.807, 2.05) is 78.9 Å². The molecular weight excluding hydrogens is 510 g/mol. The number of nitrogens with zero attached hydrogens (tertiary/aromatic N) is 3. The number of ether oxygens (including phenoxy) is 2. The van der Waals surface area contributed by atoms with Gasteiger partial charge in [0.2, 0.25) is 0 Å². The Morgan fingerprint density at radius 3 is 2.32 bits per heavy atom. The van der Waals surface area contributed by atoms with Crippen LogP contribution in [0, 0.1) is 11.3 Å². The van der Waals surface area contributed by atoms with Crippen molar-refractivity contribution in [2.75, 3.05) is 0 Å². The molecule has 1 aliphatic heterocycles. The van der Waals surface area contributed by atoms with Crippen LogP contribution in [-0.4, -0.2) is 16.5 Å². The number of carbonyl (C=O) groups is 1. The fourth-order valence-electron chi connectivity index (χ4n) is 4.78. The van der Waals surface area contributed by atoms with Gasteiger partial charge in [-0.05, 0) is 35.9 Å². The van der Waals surface area contributed by atoms with Crippen molar-refractivity contribution in [2.24, 2.45) is 4.99 Å². The van der Waals surface area contributed by atoms with E-state index < -0.39 is 6.10 Å². The molecule has 0 radical (unpaired) electrons. The van der Waals surface area contributed by atoms with Gasteiger partial charge in [-0.25, -0.2) is 4.99 Å². The molecule has 198 valence electrons. The van der Waals surface area contributed by atoms with E-state index in [1.165, 1.54) is 0 Å². The molecule has 4 aromatic carbocycles. The van der Waals surface area contributed by atoms with Gasteiger partial charge >= 0.3 is 0 Å². The minimum atomic E-state index is -0.529. The Morgan fingerprint density at radius 1 is 0.927 bits per heavy atom. The molecule has 0 N–H and O–H groups in total. The summed E-state index contributed by atoms with van der Waals surface area (Å²) in [6.45, 7) is 0.326. The summed E-state index contributed by atoms with van der Waals surface area (Å²) in [5.74, 6) is 1.06. The predicted molar refractivity (Wildman–Crippen MR) is 157 cm³/mol. The fraction of sp³-hybridized carbons (Fsp3) is 0.0857. The first-order chi connectivity index (χ1) is 20.2. The molecule has 6 nitrogen and oxygen atoms in total. The molecule has 1 unspecified atom stereocenters. The quantitative estimate of drug-likeness (QED) is 0.203. The number of pyridine rings is 1. The predicted octanol–water partition coefficient (Wildman–Crippen LogP) is 7.41. The molecule has 41 heavy (non-hydrogen) atoms. The molecule has 0 saturated heterocycles. The number of aromatic nitrogens is 1. The summed E-state index contributed by atoms with van der Waals surface area (Å²) in [6.07, 6.45) is 3.07. The summed E-state index contributed by atoms with van der Waals surface area (Å²) in [6, 6.07) is 36.5. The Bertz CT molecular complexity index is 1720. The van der Waals surface area contributed by atoms with Gasteiger partial charge in [0.1, 0.15) is 24.2 Å². The molecule has 0 spiro atoms. The van der Waals surface area contributed by atoms with Crippen LogP contribution in [0.1, 0.15) is 50.7 Å². The lowest BCUT2D eigenvalue weighted by Gasteiger charge is -2.26. The van der Waals surface area contributed by atoms with E-state index in [4.69, 9.17) is 19.7 Å². The third-order valence-electron chi connectivity index (χ3n) is 6.89. The molecule has 0 bridgehead atoms. The van der Waals surface area contributed by atoms with Crippen molar-refractivity contribution in [2.45, 2.75) is 19.1 Å². The molecule has 1 aromatic heterocycles. The third-order valence-corrected chi connectivity index (χ3v) is 6.89. The topological polar surface area (TPSA) is 84.6 Å². The molecule has 1 atom stereocenters. The lowest BCUT2D eigenvalue weighted by atomic mass is 9.95. The van der Waals surface area contributed by atoms with Gasteiger partial charge in [-0.15, -0.1) is 0 Å². The second-order valence-corrected chi connectivity index (χ2v) is 9.62. The van der Waals surface area contributed by atoms with E-state index in [0.717, 1.165) is 28.0 Å². The first kappa shape index (κ1) is 25.7. The Hall–Kier alpha value is -5.54. The molecule has 6 rings (SSSR count). The Balaban J connectivity index is 1.29. The molecule has 0 fully saturated rings. The molecule has 5 aromatic rings. The van der Waals surface area contributed by atoms with Crippen LogP contribution in [0.4, 0.5) is 5.69 Å². The maximum Gasteiger partial charge on any atom is 0.170 e. The number of fused-ring (bicyclic) bond motifs is 1. The summed E-state index contributed by atoms with van der Waals surface area (Å²) in [7, 11) is 0. The first-order valence-corrected chi connectivity index (χ1v) is 13.3. The number of nitriles is 1. The average Bonchev–Trinajstić information content (AvgIpc) is 3.03. The monoisotopic (exact) mass is 535 g/mol. The average molecular weight is 536 g/mol. The number of aliphatic imine (C=N–C) groups is 1. The van der Waals surface area contributed by atoms with Crippen LogP contribution < -0.4 is 9.47 Å². The number of ketones is 1. The number of carbonyl (C=O) groups excluding carboxylic acids is 1. The van der Waals surface area contributed by atoms with Crippen molar-refractivity contribution in [3.63, 3.8) is 0 Å². The Morgan fingerprint density at radius 2 is 1.63 bits per heavy atom. The SMILES string of the molecule is N#Cc1ccc(COc2ccc3c(c2)OC(c2ccncc2N=C(c2ccccc2)c2ccccc2)CC3=O)cc1. The van der Waals surface area contributed by atoms with Gasteiger partial charge in [0.25, 0.3) is 0 Å². The largest absolute Gasteiger partial charge is 0.489 e. The van der Waals surface area contributed by atoms with Gasteiger partial charge in [0, 0.05) is 29.0 Å². The highest BCUT2D eigenvalue weighted by Crippen LogP contribution is 2.40. The maximum atomic E-state index is 13.2. The maximum absolute atomic E-state index is 13.2. The van der Waals surface area contributed by atoms with E-state index >= 15 is 0 Å². The fourth-order valence-corrected chi connectivity index (χ4v) is 4.78. The Labute approximate surface area is 238 Å². The van der Waals surface area contributed by atoms with E-state index in [2.05, 4.69) is 11.1 Å².